The zero-order chi connectivity index (χ0) is 16.8. The third-order valence-corrected chi connectivity index (χ3v) is 3.81. The maximum Gasteiger partial charge on any atom is 0.224 e. The van der Waals surface area contributed by atoms with Crippen LogP contribution in [0.1, 0.15) is 5.56 Å². The molecule has 1 amide bonds. The fraction of sp³-hybridized carbons (Fsp3) is 0.176. The van der Waals surface area contributed by atoms with Gasteiger partial charge in [-0.1, -0.05) is 29.8 Å². The van der Waals surface area contributed by atoms with Gasteiger partial charge in [0.15, 0.2) is 0 Å². The molecule has 7 heteroatoms. The van der Waals surface area contributed by atoms with Crippen molar-refractivity contribution in [1.82, 2.24) is 25.1 Å². The minimum absolute atomic E-state index is 0.0654. The van der Waals surface area contributed by atoms with Crippen molar-refractivity contribution in [1.29, 1.82) is 0 Å². The number of aromatic nitrogens is 4. The predicted molar refractivity (Wildman–Crippen MR) is 91.4 cm³/mol. The van der Waals surface area contributed by atoms with Crippen LogP contribution in [0, 0.1) is 0 Å². The van der Waals surface area contributed by atoms with E-state index in [1.165, 1.54) is 0 Å². The average molecular weight is 342 g/mol. The molecular weight excluding hydrogens is 326 g/mol. The van der Waals surface area contributed by atoms with Gasteiger partial charge < -0.3 is 5.32 Å². The molecule has 0 bridgehead atoms. The van der Waals surface area contributed by atoms with Crippen molar-refractivity contribution >= 4 is 17.5 Å². The van der Waals surface area contributed by atoms with E-state index < -0.39 is 0 Å². The second kappa shape index (κ2) is 7.70. The Hall–Kier alpha value is -2.73. The van der Waals surface area contributed by atoms with E-state index >= 15 is 0 Å². The quantitative estimate of drug-likeness (QED) is 0.747. The standard InChI is InChI=1S/C17H16ClN5O/c18-14-4-2-1-3-13(14)11-17(24)21-8-10-23-9-5-15(22-23)16-12-19-6-7-20-16/h1-7,9,12H,8,10-11H2,(H,21,24). The molecule has 0 aliphatic rings. The molecule has 0 saturated heterocycles. The first kappa shape index (κ1) is 16.1. The van der Waals surface area contributed by atoms with Crippen LogP contribution in [0.4, 0.5) is 0 Å². The molecule has 0 unspecified atom stereocenters. The highest BCUT2D eigenvalue weighted by Gasteiger charge is 2.07. The Balaban J connectivity index is 1.49. The highest BCUT2D eigenvalue weighted by Crippen LogP contribution is 2.15. The van der Waals surface area contributed by atoms with Crippen LogP contribution >= 0.6 is 11.6 Å². The van der Waals surface area contributed by atoms with Crippen molar-refractivity contribution < 1.29 is 4.79 Å². The zero-order valence-electron chi connectivity index (χ0n) is 12.9. The van der Waals surface area contributed by atoms with E-state index in [2.05, 4.69) is 20.4 Å². The third kappa shape index (κ3) is 4.17. The molecule has 1 aromatic carbocycles. The molecule has 0 aliphatic carbocycles. The fourth-order valence-corrected chi connectivity index (χ4v) is 2.44. The number of halogens is 1. The molecular formula is C17H16ClN5O. The summed E-state index contributed by atoms with van der Waals surface area (Å²) >= 11 is 6.05. The summed E-state index contributed by atoms with van der Waals surface area (Å²) in [6.07, 6.45) is 7.03. The van der Waals surface area contributed by atoms with Crippen LogP contribution in [0.3, 0.4) is 0 Å². The van der Waals surface area contributed by atoms with Gasteiger partial charge in [-0.15, -0.1) is 0 Å². The molecule has 24 heavy (non-hydrogen) atoms. The Labute approximate surface area is 144 Å². The van der Waals surface area contributed by atoms with Crippen molar-refractivity contribution in [2.45, 2.75) is 13.0 Å². The van der Waals surface area contributed by atoms with E-state index in [0.717, 1.165) is 17.0 Å². The zero-order valence-corrected chi connectivity index (χ0v) is 13.6. The van der Waals surface area contributed by atoms with E-state index in [9.17, 15) is 4.79 Å². The minimum Gasteiger partial charge on any atom is -0.354 e. The Morgan fingerprint density at radius 1 is 1.17 bits per heavy atom. The Bertz CT molecular complexity index is 819. The summed E-state index contributed by atoms with van der Waals surface area (Å²) in [6, 6.07) is 9.21. The molecule has 3 aromatic rings. The van der Waals surface area contributed by atoms with Crippen molar-refractivity contribution in [2.75, 3.05) is 6.54 Å². The second-order valence-corrected chi connectivity index (χ2v) is 5.58. The number of amides is 1. The van der Waals surface area contributed by atoms with E-state index in [0.29, 0.717) is 18.1 Å². The van der Waals surface area contributed by atoms with Crippen molar-refractivity contribution in [3.63, 3.8) is 0 Å². The Morgan fingerprint density at radius 3 is 2.83 bits per heavy atom. The maximum atomic E-state index is 12.0. The highest BCUT2D eigenvalue weighted by atomic mass is 35.5. The van der Waals surface area contributed by atoms with Crippen LogP contribution in [0.5, 0.6) is 0 Å². The molecule has 0 saturated carbocycles. The number of carbonyl (C=O) groups excluding carboxylic acids is 1. The van der Waals surface area contributed by atoms with Gasteiger partial charge in [-0.3, -0.25) is 19.4 Å². The number of hydrogen-bond acceptors (Lipinski definition) is 4. The smallest absolute Gasteiger partial charge is 0.224 e. The molecule has 0 radical (unpaired) electrons. The van der Waals surface area contributed by atoms with Gasteiger partial charge in [-0.2, -0.15) is 5.10 Å². The monoisotopic (exact) mass is 341 g/mol. The van der Waals surface area contributed by atoms with E-state index in [4.69, 9.17) is 11.6 Å². The maximum absolute atomic E-state index is 12.0. The number of nitrogens with zero attached hydrogens (tertiary/aromatic N) is 4. The van der Waals surface area contributed by atoms with Crippen LogP contribution in [0.15, 0.2) is 55.1 Å². The van der Waals surface area contributed by atoms with Crippen LogP contribution < -0.4 is 5.32 Å². The molecule has 0 spiro atoms. The Kier molecular flexibility index (Phi) is 5.18. The molecule has 122 valence electrons. The largest absolute Gasteiger partial charge is 0.354 e. The molecule has 2 heterocycles. The summed E-state index contributed by atoms with van der Waals surface area (Å²) in [7, 11) is 0. The first-order valence-corrected chi connectivity index (χ1v) is 7.90. The van der Waals surface area contributed by atoms with E-state index in [1.54, 1.807) is 29.3 Å². The van der Waals surface area contributed by atoms with Gasteiger partial charge in [0, 0.05) is 30.2 Å². The van der Waals surface area contributed by atoms with Gasteiger partial charge in [0.1, 0.15) is 11.4 Å². The lowest BCUT2D eigenvalue weighted by Crippen LogP contribution is -2.28. The normalized spacial score (nSPS) is 10.5. The summed E-state index contributed by atoms with van der Waals surface area (Å²) in [6.45, 7) is 1.07. The SMILES string of the molecule is O=C(Cc1ccccc1Cl)NCCn1ccc(-c2cnccn2)n1. The summed E-state index contributed by atoms with van der Waals surface area (Å²) in [4.78, 5) is 20.2. The molecule has 0 aliphatic heterocycles. The summed E-state index contributed by atoms with van der Waals surface area (Å²) in [5.41, 5.74) is 2.30. The van der Waals surface area contributed by atoms with Gasteiger partial charge in [0.25, 0.3) is 0 Å². The fourth-order valence-electron chi connectivity index (χ4n) is 2.24. The van der Waals surface area contributed by atoms with E-state index in [1.807, 2.05) is 30.5 Å². The number of carbonyl (C=O) groups is 1. The van der Waals surface area contributed by atoms with Crippen molar-refractivity contribution in [3.05, 3.63) is 65.7 Å². The molecule has 6 nitrogen and oxygen atoms in total. The van der Waals surface area contributed by atoms with E-state index in [-0.39, 0.29) is 12.3 Å². The third-order valence-electron chi connectivity index (χ3n) is 3.44. The number of benzene rings is 1. The molecule has 0 atom stereocenters. The van der Waals surface area contributed by atoms with Crippen LogP contribution in [0.25, 0.3) is 11.4 Å². The Morgan fingerprint density at radius 2 is 2.04 bits per heavy atom. The van der Waals surface area contributed by atoms with Crippen LogP contribution in [0.2, 0.25) is 5.02 Å². The van der Waals surface area contributed by atoms with Crippen molar-refractivity contribution in [3.8, 4) is 11.4 Å². The molecule has 0 fully saturated rings. The lowest BCUT2D eigenvalue weighted by atomic mass is 10.1. The second-order valence-electron chi connectivity index (χ2n) is 5.17. The lowest BCUT2D eigenvalue weighted by molar-refractivity contribution is -0.120. The predicted octanol–water partition coefficient (Wildman–Crippen LogP) is 2.35. The first-order chi connectivity index (χ1) is 11.7. The van der Waals surface area contributed by atoms with Crippen molar-refractivity contribution in [2.24, 2.45) is 0 Å². The molecule has 3 rings (SSSR count). The van der Waals surface area contributed by atoms with Crippen LogP contribution in [-0.4, -0.2) is 32.2 Å². The van der Waals surface area contributed by atoms with Gasteiger partial charge in [-0.25, -0.2) is 0 Å². The molecule has 1 N–H and O–H groups in total. The van der Waals surface area contributed by atoms with Gasteiger partial charge >= 0.3 is 0 Å². The summed E-state index contributed by atoms with van der Waals surface area (Å²) < 4.78 is 1.76. The number of rotatable bonds is 6. The highest BCUT2D eigenvalue weighted by molar-refractivity contribution is 6.31. The summed E-state index contributed by atoms with van der Waals surface area (Å²) in [5.74, 6) is -0.0654. The minimum atomic E-state index is -0.0654. The van der Waals surface area contributed by atoms with Gasteiger partial charge in [0.2, 0.25) is 5.91 Å². The number of hydrogen-bond donors (Lipinski definition) is 1. The lowest BCUT2D eigenvalue weighted by Gasteiger charge is -2.06. The van der Waals surface area contributed by atoms with Gasteiger partial charge in [0.05, 0.1) is 19.2 Å². The molecule has 2 aromatic heterocycles. The number of nitrogens with one attached hydrogen (secondary N) is 1. The first-order valence-electron chi connectivity index (χ1n) is 7.52. The average Bonchev–Trinajstić information content (AvgIpc) is 3.07. The summed E-state index contributed by atoms with van der Waals surface area (Å²) in [5, 5.41) is 7.89. The topological polar surface area (TPSA) is 72.7 Å². The van der Waals surface area contributed by atoms with Gasteiger partial charge in [-0.05, 0) is 17.7 Å². The van der Waals surface area contributed by atoms with Crippen LogP contribution in [-0.2, 0) is 17.8 Å².